The van der Waals surface area contributed by atoms with Gasteiger partial charge in [0.05, 0.1) is 22.6 Å². The molecular weight excluding hydrogens is 349 g/mol. The van der Waals surface area contributed by atoms with Crippen molar-refractivity contribution in [2.45, 2.75) is 83.2 Å². The highest BCUT2D eigenvalue weighted by atomic mass is 16.7. The monoisotopic (exact) mass is 383 g/mol. The lowest BCUT2D eigenvalue weighted by Gasteiger charge is -2.41. The standard InChI is InChI=1S/C22H34BN3O2/c1-21(2)22(3,4)28-23(27-21)16-9-10-19-18(14-16)24-20-15-17-8-5-6-11-25(17)12-7-13-26(19)20/h9-10,14,17,20,24H,5-8,11-13,15H2,1-4H3. The molecule has 4 aliphatic rings. The fourth-order valence-corrected chi connectivity index (χ4v) is 5.26. The first kappa shape index (κ1) is 18.8. The summed E-state index contributed by atoms with van der Waals surface area (Å²) in [5.41, 5.74) is 3.08. The van der Waals surface area contributed by atoms with Crippen LogP contribution in [0.2, 0.25) is 0 Å². The number of anilines is 2. The Hall–Kier alpha value is -1.24. The molecule has 4 heterocycles. The number of fused-ring (bicyclic) bond motifs is 4. The first-order valence-corrected chi connectivity index (χ1v) is 11.1. The number of hydrogen-bond acceptors (Lipinski definition) is 5. The zero-order chi connectivity index (χ0) is 19.5. The van der Waals surface area contributed by atoms with Gasteiger partial charge in [-0.3, -0.25) is 0 Å². The van der Waals surface area contributed by atoms with Crippen LogP contribution in [0.25, 0.3) is 0 Å². The number of benzene rings is 1. The third-order valence-corrected chi connectivity index (χ3v) is 7.64. The average Bonchev–Trinajstić information content (AvgIpc) is 3.06. The van der Waals surface area contributed by atoms with Gasteiger partial charge in [0, 0.05) is 25.6 Å². The van der Waals surface area contributed by atoms with Crippen LogP contribution in [0.5, 0.6) is 0 Å². The van der Waals surface area contributed by atoms with Gasteiger partial charge in [-0.2, -0.15) is 0 Å². The van der Waals surface area contributed by atoms with Crippen molar-refractivity contribution in [3.05, 3.63) is 18.2 Å². The SMILES string of the molecule is CC1(C)OB(c2ccc3c(c2)NC2CC4CCCCN4CCCN32)OC1(C)C. The Morgan fingerprint density at radius 2 is 1.75 bits per heavy atom. The lowest BCUT2D eigenvalue weighted by molar-refractivity contribution is 0.00578. The first-order chi connectivity index (χ1) is 13.3. The van der Waals surface area contributed by atoms with E-state index < -0.39 is 0 Å². The van der Waals surface area contributed by atoms with Crippen molar-refractivity contribution < 1.29 is 9.31 Å². The van der Waals surface area contributed by atoms with E-state index in [9.17, 15) is 0 Å². The van der Waals surface area contributed by atoms with Crippen LogP contribution < -0.4 is 15.7 Å². The fourth-order valence-electron chi connectivity index (χ4n) is 5.26. The Labute approximate surface area is 169 Å². The molecule has 3 saturated heterocycles. The second-order valence-corrected chi connectivity index (χ2v) is 9.99. The van der Waals surface area contributed by atoms with E-state index in [0.717, 1.165) is 18.0 Å². The second-order valence-electron chi connectivity index (χ2n) is 9.99. The van der Waals surface area contributed by atoms with Crippen molar-refractivity contribution in [2.24, 2.45) is 0 Å². The maximum Gasteiger partial charge on any atom is 0.494 e. The van der Waals surface area contributed by atoms with Crippen molar-refractivity contribution in [1.82, 2.24) is 4.90 Å². The third-order valence-electron chi connectivity index (χ3n) is 7.64. The van der Waals surface area contributed by atoms with Crippen LogP contribution >= 0.6 is 0 Å². The van der Waals surface area contributed by atoms with Crippen LogP contribution in [0.3, 0.4) is 0 Å². The minimum absolute atomic E-state index is 0.297. The maximum atomic E-state index is 6.27. The molecule has 0 spiro atoms. The zero-order valence-electron chi connectivity index (χ0n) is 17.8. The van der Waals surface area contributed by atoms with Crippen LogP contribution in [0.4, 0.5) is 11.4 Å². The van der Waals surface area contributed by atoms with E-state index in [0.29, 0.717) is 6.17 Å². The van der Waals surface area contributed by atoms with E-state index >= 15 is 0 Å². The van der Waals surface area contributed by atoms with Gasteiger partial charge >= 0.3 is 7.12 Å². The average molecular weight is 383 g/mol. The highest BCUT2D eigenvalue weighted by Crippen LogP contribution is 2.40. The van der Waals surface area contributed by atoms with Crippen LogP contribution in [0.1, 0.15) is 59.8 Å². The molecule has 1 aromatic carbocycles. The van der Waals surface area contributed by atoms with E-state index in [2.05, 4.69) is 61.0 Å². The van der Waals surface area contributed by atoms with Gasteiger partial charge in [-0.1, -0.05) is 12.5 Å². The largest absolute Gasteiger partial charge is 0.494 e. The fraction of sp³-hybridized carbons (Fsp3) is 0.727. The van der Waals surface area contributed by atoms with Gasteiger partial charge in [0.25, 0.3) is 0 Å². The van der Waals surface area contributed by atoms with E-state index in [1.807, 2.05) is 0 Å². The normalized spacial score (nSPS) is 31.4. The topological polar surface area (TPSA) is 37.0 Å². The summed E-state index contributed by atoms with van der Waals surface area (Å²) in [5, 5.41) is 3.83. The summed E-state index contributed by atoms with van der Waals surface area (Å²) in [7, 11) is -0.297. The smallest absolute Gasteiger partial charge is 0.399 e. The highest BCUT2D eigenvalue weighted by molar-refractivity contribution is 6.62. The molecule has 4 aliphatic heterocycles. The van der Waals surface area contributed by atoms with Gasteiger partial charge in [-0.15, -0.1) is 0 Å². The number of nitrogens with one attached hydrogen (secondary N) is 1. The van der Waals surface area contributed by atoms with Crippen molar-refractivity contribution in [1.29, 1.82) is 0 Å². The van der Waals surface area contributed by atoms with Crippen LogP contribution in [0.15, 0.2) is 18.2 Å². The number of hydrogen-bond donors (Lipinski definition) is 1. The van der Waals surface area contributed by atoms with Gasteiger partial charge in [0.15, 0.2) is 0 Å². The molecule has 2 unspecified atom stereocenters. The lowest BCUT2D eigenvalue weighted by Crippen LogP contribution is -2.49. The maximum absolute atomic E-state index is 6.27. The second kappa shape index (κ2) is 6.64. The molecule has 3 fully saturated rings. The van der Waals surface area contributed by atoms with Crippen molar-refractivity contribution in [3.8, 4) is 0 Å². The molecule has 28 heavy (non-hydrogen) atoms. The minimum Gasteiger partial charge on any atom is -0.399 e. The van der Waals surface area contributed by atoms with E-state index in [1.165, 1.54) is 56.6 Å². The van der Waals surface area contributed by atoms with Crippen molar-refractivity contribution in [3.63, 3.8) is 0 Å². The summed E-state index contributed by atoms with van der Waals surface area (Å²) < 4.78 is 12.5. The summed E-state index contributed by atoms with van der Waals surface area (Å²) >= 11 is 0. The summed E-state index contributed by atoms with van der Waals surface area (Å²) in [6.45, 7) is 12.1. The summed E-state index contributed by atoms with van der Waals surface area (Å²) in [6, 6.07) is 7.44. The number of nitrogens with zero attached hydrogens (tertiary/aromatic N) is 2. The molecule has 0 bridgehead atoms. The summed E-state index contributed by atoms with van der Waals surface area (Å²) in [5.74, 6) is 0. The molecule has 0 aromatic heterocycles. The molecule has 1 aromatic rings. The molecule has 6 heteroatoms. The quantitative estimate of drug-likeness (QED) is 0.754. The molecule has 0 amide bonds. The first-order valence-electron chi connectivity index (χ1n) is 11.1. The van der Waals surface area contributed by atoms with E-state index in [1.54, 1.807) is 0 Å². The van der Waals surface area contributed by atoms with E-state index in [-0.39, 0.29) is 18.3 Å². The summed E-state index contributed by atoms with van der Waals surface area (Å²) in [6.07, 6.45) is 6.97. The van der Waals surface area contributed by atoms with E-state index in [4.69, 9.17) is 9.31 Å². The Kier molecular flexibility index (Phi) is 4.45. The van der Waals surface area contributed by atoms with Crippen molar-refractivity contribution in [2.75, 3.05) is 29.9 Å². The molecule has 0 saturated carbocycles. The van der Waals surface area contributed by atoms with Gasteiger partial charge in [-0.25, -0.2) is 0 Å². The summed E-state index contributed by atoms with van der Waals surface area (Å²) in [4.78, 5) is 5.33. The molecule has 0 aliphatic carbocycles. The number of rotatable bonds is 1. The Bertz CT molecular complexity index is 737. The Morgan fingerprint density at radius 3 is 2.54 bits per heavy atom. The van der Waals surface area contributed by atoms with Crippen molar-refractivity contribution >= 4 is 24.0 Å². The highest BCUT2D eigenvalue weighted by Gasteiger charge is 2.52. The van der Waals surface area contributed by atoms with Gasteiger partial charge in [-0.05, 0) is 71.1 Å². The third kappa shape index (κ3) is 3.05. The molecular formula is C22H34BN3O2. The minimum atomic E-state index is -0.304. The van der Waals surface area contributed by atoms with Crippen LogP contribution in [-0.4, -0.2) is 55.1 Å². The lowest BCUT2D eigenvalue weighted by atomic mass is 9.79. The predicted molar refractivity (Wildman–Crippen MR) is 115 cm³/mol. The van der Waals surface area contributed by atoms with Gasteiger partial charge in [0.1, 0.15) is 6.17 Å². The van der Waals surface area contributed by atoms with Gasteiger partial charge in [0.2, 0.25) is 0 Å². The van der Waals surface area contributed by atoms with Crippen LogP contribution in [0, 0.1) is 0 Å². The molecule has 5 nitrogen and oxygen atoms in total. The molecule has 1 N–H and O–H groups in total. The zero-order valence-corrected chi connectivity index (χ0v) is 17.8. The Balaban J connectivity index is 1.37. The molecule has 0 radical (unpaired) electrons. The molecule has 5 rings (SSSR count). The van der Waals surface area contributed by atoms with Crippen LogP contribution in [-0.2, 0) is 9.31 Å². The van der Waals surface area contributed by atoms with Gasteiger partial charge < -0.3 is 24.4 Å². The molecule has 152 valence electrons. The Morgan fingerprint density at radius 1 is 1.00 bits per heavy atom. The number of piperidine rings is 1. The predicted octanol–water partition coefficient (Wildman–Crippen LogP) is 3.19. The molecule has 2 atom stereocenters.